The van der Waals surface area contributed by atoms with Gasteiger partial charge in [0.1, 0.15) is 0 Å². The number of carbonyl (C=O) groups is 3. The van der Waals surface area contributed by atoms with Crippen LogP contribution in [0.1, 0.15) is 12.8 Å². The van der Waals surface area contributed by atoms with Crippen molar-refractivity contribution in [1.82, 2.24) is 0 Å². The Bertz CT molecular complexity index is 884. The quantitative estimate of drug-likeness (QED) is 0.641. The van der Waals surface area contributed by atoms with E-state index in [1.165, 1.54) is 0 Å². The summed E-state index contributed by atoms with van der Waals surface area (Å²) in [6.45, 7) is 1.04. The van der Waals surface area contributed by atoms with Crippen molar-refractivity contribution in [2.24, 2.45) is 0 Å². The SMILES string of the molecule is C[NH+](CC(=O)Nc1ccc(Cl)cc1)CC(=O)Nc1ccc(N2CCCC2=O)cc1. The Morgan fingerprint density at radius 3 is 1.97 bits per heavy atom. The van der Waals surface area contributed by atoms with Crippen LogP contribution in [0.2, 0.25) is 5.02 Å². The van der Waals surface area contributed by atoms with Gasteiger partial charge in [0.25, 0.3) is 11.8 Å². The first-order valence-corrected chi connectivity index (χ1v) is 9.85. The fourth-order valence-electron chi connectivity index (χ4n) is 3.20. The van der Waals surface area contributed by atoms with E-state index in [9.17, 15) is 14.4 Å². The standard InChI is InChI=1S/C21H23ClN4O3/c1-25(13-19(27)23-16-6-4-15(22)5-7-16)14-20(28)24-17-8-10-18(11-9-17)26-12-2-3-21(26)29/h4-11H,2-3,12-14H2,1H3,(H,23,27)(H,24,28)/p+1. The molecule has 0 aliphatic carbocycles. The first kappa shape index (κ1) is 20.8. The third kappa shape index (κ3) is 6.04. The normalized spacial score (nSPS) is 14.6. The second-order valence-electron chi connectivity index (χ2n) is 7.11. The average molecular weight is 416 g/mol. The molecule has 8 heteroatoms. The van der Waals surface area contributed by atoms with Crippen molar-refractivity contribution in [2.75, 3.05) is 42.2 Å². The molecular weight excluding hydrogens is 392 g/mol. The van der Waals surface area contributed by atoms with Crippen LogP contribution in [0.5, 0.6) is 0 Å². The molecule has 1 fully saturated rings. The van der Waals surface area contributed by atoms with Crippen LogP contribution in [0.3, 0.4) is 0 Å². The molecule has 1 atom stereocenters. The number of quaternary nitrogens is 1. The molecule has 1 heterocycles. The molecule has 0 spiro atoms. The molecule has 152 valence electrons. The van der Waals surface area contributed by atoms with Gasteiger partial charge in [-0.15, -0.1) is 0 Å². The molecule has 1 unspecified atom stereocenters. The number of benzene rings is 2. The smallest absolute Gasteiger partial charge is 0.279 e. The number of anilines is 3. The molecule has 29 heavy (non-hydrogen) atoms. The molecule has 0 saturated carbocycles. The van der Waals surface area contributed by atoms with E-state index in [0.717, 1.165) is 23.6 Å². The minimum absolute atomic E-state index is 0.129. The molecule has 0 bridgehead atoms. The Hall–Kier alpha value is -2.90. The topological polar surface area (TPSA) is 82.9 Å². The van der Waals surface area contributed by atoms with E-state index in [-0.39, 0.29) is 30.8 Å². The van der Waals surface area contributed by atoms with Crippen molar-refractivity contribution >= 4 is 46.4 Å². The van der Waals surface area contributed by atoms with Crippen molar-refractivity contribution in [2.45, 2.75) is 12.8 Å². The van der Waals surface area contributed by atoms with Crippen LogP contribution in [0, 0.1) is 0 Å². The van der Waals surface area contributed by atoms with Crippen molar-refractivity contribution in [3.8, 4) is 0 Å². The summed E-state index contributed by atoms with van der Waals surface area (Å²) in [5, 5.41) is 6.20. The Labute approximate surface area is 174 Å². The van der Waals surface area contributed by atoms with Gasteiger partial charge in [0.05, 0.1) is 7.05 Å². The fourth-order valence-corrected chi connectivity index (χ4v) is 3.33. The number of likely N-dealkylation sites (N-methyl/N-ethyl adjacent to an activating group) is 1. The van der Waals surface area contributed by atoms with Crippen LogP contribution in [-0.2, 0) is 14.4 Å². The van der Waals surface area contributed by atoms with Crippen LogP contribution in [0.15, 0.2) is 48.5 Å². The minimum Gasteiger partial charge on any atom is -0.322 e. The van der Waals surface area contributed by atoms with Gasteiger partial charge in [0, 0.05) is 35.1 Å². The lowest BCUT2D eigenvalue weighted by Crippen LogP contribution is -3.11. The molecule has 3 rings (SSSR count). The highest BCUT2D eigenvalue weighted by Crippen LogP contribution is 2.22. The third-order valence-corrected chi connectivity index (χ3v) is 4.84. The Balaban J connectivity index is 1.45. The largest absolute Gasteiger partial charge is 0.322 e. The Morgan fingerprint density at radius 2 is 1.48 bits per heavy atom. The molecule has 0 radical (unpaired) electrons. The highest BCUT2D eigenvalue weighted by atomic mass is 35.5. The van der Waals surface area contributed by atoms with Crippen LogP contribution in [-0.4, -0.2) is 44.4 Å². The van der Waals surface area contributed by atoms with E-state index < -0.39 is 0 Å². The zero-order valence-electron chi connectivity index (χ0n) is 16.2. The van der Waals surface area contributed by atoms with Crippen LogP contribution in [0.4, 0.5) is 17.1 Å². The first-order valence-electron chi connectivity index (χ1n) is 9.48. The average Bonchev–Trinajstić information content (AvgIpc) is 3.10. The van der Waals surface area contributed by atoms with Gasteiger partial charge in [-0.1, -0.05) is 11.6 Å². The zero-order valence-corrected chi connectivity index (χ0v) is 17.0. The summed E-state index contributed by atoms with van der Waals surface area (Å²) in [7, 11) is 1.78. The van der Waals surface area contributed by atoms with Crippen molar-refractivity contribution in [1.29, 1.82) is 0 Å². The molecule has 1 aliphatic rings. The summed E-state index contributed by atoms with van der Waals surface area (Å²) in [6, 6.07) is 14.1. The second-order valence-corrected chi connectivity index (χ2v) is 7.55. The summed E-state index contributed by atoms with van der Waals surface area (Å²) < 4.78 is 0. The highest BCUT2D eigenvalue weighted by molar-refractivity contribution is 6.30. The minimum atomic E-state index is -0.188. The fraction of sp³-hybridized carbons (Fsp3) is 0.286. The number of amides is 3. The summed E-state index contributed by atoms with van der Waals surface area (Å²) in [5.74, 6) is -0.243. The summed E-state index contributed by atoms with van der Waals surface area (Å²) in [6.07, 6.45) is 1.46. The number of rotatable bonds is 7. The van der Waals surface area contributed by atoms with Crippen LogP contribution in [0.25, 0.3) is 0 Å². The first-order chi connectivity index (χ1) is 13.9. The van der Waals surface area contributed by atoms with E-state index in [2.05, 4.69) is 10.6 Å². The second kappa shape index (κ2) is 9.54. The predicted octanol–water partition coefficient (Wildman–Crippen LogP) is 1.56. The number of hydrogen-bond donors (Lipinski definition) is 3. The number of nitrogens with zero attached hydrogens (tertiary/aromatic N) is 1. The van der Waals surface area contributed by atoms with E-state index in [1.54, 1.807) is 48.3 Å². The maximum absolute atomic E-state index is 12.3. The molecule has 7 nitrogen and oxygen atoms in total. The van der Waals surface area contributed by atoms with Crippen LogP contribution < -0.4 is 20.4 Å². The number of nitrogens with one attached hydrogen (secondary N) is 3. The molecule has 2 aromatic carbocycles. The van der Waals surface area contributed by atoms with Gasteiger partial charge in [0.15, 0.2) is 13.1 Å². The highest BCUT2D eigenvalue weighted by Gasteiger charge is 2.21. The third-order valence-electron chi connectivity index (χ3n) is 4.59. The maximum atomic E-state index is 12.3. The lowest BCUT2D eigenvalue weighted by atomic mass is 10.2. The number of carbonyl (C=O) groups excluding carboxylic acids is 3. The zero-order chi connectivity index (χ0) is 20.8. The molecule has 0 aromatic heterocycles. The van der Waals surface area contributed by atoms with E-state index in [4.69, 9.17) is 11.6 Å². The summed E-state index contributed by atoms with van der Waals surface area (Å²) in [4.78, 5) is 38.7. The van der Waals surface area contributed by atoms with Gasteiger partial charge in [-0.05, 0) is 55.0 Å². The molecule has 3 N–H and O–H groups in total. The summed E-state index contributed by atoms with van der Waals surface area (Å²) in [5.41, 5.74) is 2.16. The molecule has 1 aliphatic heterocycles. The van der Waals surface area contributed by atoms with Crippen molar-refractivity contribution in [3.05, 3.63) is 53.6 Å². The van der Waals surface area contributed by atoms with E-state index in [1.807, 2.05) is 12.1 Å². The van der Waals surface area contributed by atoms with Crippen molar-refractivity contribution in [3.63, 3.8) is 0 Å². The van der Waals surface area contributed by atoms with Crippen LogP contribution >= 0.6 is 11.6 Å². The maximum Gasteiger partial charge on any atom is 0.279 e. The number of hydrogen-bond acceptors (Lipinski definition) is 3. The molecular formula is C21H24ClN4O3+. The predicted molar refractivity (Wildman–Crippen MR) is 113 cm³/mol. The van der Waals surface area contributed by atoms with Gasteiger partial charge in [-0.25, -0.2) is 0 Å². The van der Waals surface area contributed by atoms with Gasteiger partial charge >= 0.3 is 0 Å². The van der Waals surface area contributed by atoms with Gasteiger partial charge in [-0.3, -0.25) is 14.4 Å². The number of halogens is 1. The van der Waals surface area contributed by atoms with Crippen molar-refractivity contribution < 1.29 is 19.3 Å². The van der Waals surface area contributed by atoms with Gasteiger partial charge in [0.2, 0.25) is 5.91 Å². The van der Waals surface area contributed by atoms with Gasteiger partial charge < -0.3 is 20.4 Å². The van der Waals surface area contributed by atoms with E-state index >= 15 is 0 Å². The van der Waals surface area contributed by atoms with E-state index in [0.29, 0.717) is 22.8 Å². The lowest BCUT2D eigenvalue weighted by molar-refractivity contribution is -0.862. The lowest BCUT2D eigenvalue weighted by Gasteiger charge is -2.16. The van der Waals surface area contributed by atoms with Gasteiger partial charge in [-0.2, -0.15) is 0 Å². The monoisotopic (exact) mass is 415 g/mol. The Morgan fingerprint density at radius 1 is 0.966 bits per heavy atom. The Kier molecular flexibility index (Phi) is 6.85. The molecule has 1 saturated heterocycles. The molecule has 2 aromatic rings. The summed E-state index contributed by atoms with van der Waals surface area (Å²) >= 11 is 5.83. The molecule has 3 amide bonds.